The van der Waals surface area contributed by atoms with Gasteiger partial charge in [-0.05, 0) is 19.9 Å². The van der Waals surface area contributed by atoms with Gasteiger partial charge in [0.15, 0.2) is 0 Å². The summed E-state index contributed by atoms with van der Waals surface area (Å²) >= 11 is 0. The third-order valence-electron chi connectivity index (χ3n) is 2.59. The van der Waals surface area contributed by atoms with E-state index in [2.05, 4.69) is 10.3 Å². The molecule has 0 aliphatic heterocycles. The van der Waals surface area contributed by atoms with Crippen LogP contribution in [0.1, 0.15) is 24.2 Å². The quantitative estimate of drug-likeness (QED) is 0.722. The monoisotopic (exact) mass is 245 g/mol. The van der Waals surface area contributed by atoms with Gasteiger partial charge in [-0.1, -0.05) is 12.1 Å². The van der Waals surface area contributed by atoms with Crippen molar-refractivity contribution in [2.24, 2.45) is 0 Å². The molecule has 0 spiro atoms. The SMILES string of the molecule is CC(C)Nc1c(C(=O)O)cnc2c(N)cccc12. The Morgan fingerprint density at radius 3 is 2.78 bits per heavy atom. The highest BCUT2D eigenvalue weighted by molar-refractivity contribution is 6.06. The molecule has 1 heterocycles. The maximum Gasteiger partial charge on any atom is 0.339 e. The van der Waals surface area contributed by atoms with Gasteiger partial charge in [-0.25, -0.2) is 4.79 Å². The summed E-state index contributed by atoms with van der Waals surface area (Å²) in [6, 6.07) is 5.47. The van der Waals surface area contributed by atoms with Crippen LogP contribution in [0.5, 0.6) is 0 Å². The molecule has 1 aromatic heterocycles. The minimum Gasteiger partial charge on any atom is -0.478 e. The second kappa shape index (κ2) is 4.52. The van der Waals surface area contributed by atoms with Gasteiger partial charge in [0.05, 0.1) is 16.9 Å². The molecule has 4 N–H and O–H groups in total. The third-order valence-corrected chi connectivity index (χ3v) is 2.59. The number of hydrogen-bond donors (Lipinski definition) is 3. The topological polar surface area (TPSA) is 88.2 Å². The first-order chi connectivity index (χ1) is 8.50. The van der Waals surface area contributed by atoms with E-state index in [1.807, 2.05) is 19.9 Å². The molecule has 0 aliphatic carbocycles. The number of para-hydroxylation sites is 1. The fourth-order valence-electron chi connectivity index (χ4n) is 1.85. The van der Waals surface area contributed by atoms with Crippen LogP contribution in [0.4, 0.5) is 11.4 Å². The second-order valence-corrected chi connectivity index (χ2v) is 4.39. The molecule has 0 fully saturated rings. The van der Waals surface area contributed by atoms with Crippen molar-refractivity contribution in [1.29, 1.82) is 0 Å². The van der Waals surface area contributed by atoms with Crippen LogP contribution < -0.4 is 11.1 Å². The molecule has 0 amide bonds. The first-order valence-electron chi connectivity index (χ1n) is 5.67. The highest BCUT2D eigenvalue weighted by Crippen LogP contribution is 2.29. The lowest BCUT2D eigenvalue weighted by Gasteiger charge is -2.15. The first kappa shape index (κ1) is 12.2. The number of nitrogens with one attached hydrogen (secondary N) is 1. The van der Waals surface area contributed by atoms with E-state index in [1.165, 1.54) is 6.20 Å². The van der Waals surface area contributed by atoms with Crippen LogP contribution in [0, 0.1) is 0 Å². The molecular formula is C13H15N3O2. The largest absolute Gasteiger partial charge is 0.478 e. The molecule has 0 bridgehead atoms. The smallest absolute Gasteiger partial charge is 0.339 e. The molecule has 5 heteroatoms. The number of fused-ring (bicyclic) bond motifs is 1. The summed E-state index contributed by atoms with van der Waals surface area (Å²) in [5.74, 6) is -1.00. The lowest BCUT2D eigenvalue weighted by molar-refractivity contribution is 0.0697. The highest BCUT2D eigenvalue weighted by atomic mass is 16.4. The molecule has 2 rings (SSSR count). The van der Waals surface area contributed by atoms with Gasteiger partial charge >= 0.3 is 5.97 Å². The van der Waals surface area contributed by atoms with Crippen molar-refractivity contribution in [2.45, 2.75) is 19.9 Å². The van der Waals surface area contributed by atoms with E-state index in [9.17, 15) is 9.90 Å². The average Bonchev–Trinajstić information content (AvgIpc) is 2.29. The summed E-state index contributed by atoms with van der Waals surface area (Å²) in [7, 11) is 0. The highest BCUT2D eigenvalue weighted by Gasteiger charge is 2.15. The molecule has 1 aromatic carbocycles. The molecule has 0 aliphatic rings. The lowest BCUT2D eigenvalue weighted by Crippen LogP contribution is -2.14. The Labute approximate surface area is 105 Å². The van der Waals surface area contributed by atoms with Crippen LogP contribution in [0.15, 0.2) is 24.4 Å². The van der Waals surface area contributed by atoms with E-state index in [4.69, 9.17) is 5.73 Å². The molecule has 0 radical (unpaired) electrons. The molecule has 2 aromatic rings. The third kappa shape index (κ3) is 2.07. The number of carbonyl (C=O) groups is 1. The fraction of sp³-hybridized carbons (Fsp3) is 0.231. The van der Waals surface area contributed by atoms with Crippen LogP contribution in [0.25, 0.3) is 10.9 Å². The van der Waals surface area contributed by atoms with Crippen LogP contribution in [0.2, 0.25) is 0 Å². The molecule has 18 heavy (non-hydrogen) atoms. The van der Waals surface area contributed by atoms with E-state index in [0.29, 0.717) is 16.9 Å². The van der Waals surface area contributed by atoms with Crippen LogP contribution >= 0.6 is 0 Å². The molecule has 0 atom stereocenters. The Morgan fingerprint density at radius 2 is 2.17 bits per heavy atom. The molecule has 94 valence electrons. The minimum atomic E-state index is -1.00. The van der Waals surface area contributed by atoms with Gasteiger partial charge in [-0.15, -0.1) is 0 Å². The Balaban J connectivity index is 2.76. The Morgan fingerprint density at radius 1 is 1.44 bits per heavy atom. The fourth-order valence-corrected chi connectivity index (χ4v) is 1.85. The minimum absolute atomic E-state index is 0.120. The Hall–Kier alpha value is -2.30. The number of rotatable bonds is 3. The van der Waals surface area contributed by atoms with Crippen molar-refractivity contribution in [1.82, 2.24) is 4.98 Å². The van der Waals surface area contributed by atoms with Crippen molar-refractivity contribution in [3.63, 3.8) is 0 Å². The number of aromatic carboxylic acids is 1. The maximum atomic E-state index is 11.2. The van der Waals surface area contributed by atoms with Gasteiger partial charge in [0, 0.05) is 17.6 Å². The number of pyridine rings is 1. The summed E-state index contributed by atoms with van der Waals surface area (Å²) < 4.78 is 0. The number of nitrogens with zero attached hydrogens (tertiary/aromatic N) is 1. The number of nitrogens with two attached hydrogens (primary N) is 1. The predicted molar refractivity (Wildman–Crippen MR) is 71.9 cm³/mol. The standard InChI is InChI=1S/C13H15N3O2/c1-7(2)16-11-8-4-3-5-10(14)12(8)15-6-9(11)13(17)18/h3-7H,14H2,1-2H3,(H,15,16)(H,17,18). The normalized spacial score (nSPS) is 10.8. The molecular weight excluding hydrogens is 230 g/mol. The lowest BCUT2D eigenvalue weighted by atomic mass is 10.1. The number of carboxylic acids is 1. The van der Waals surface area contributed by atoms with Gasteiger partial charge in [-0.2, -0.15) is 0 Å². The van der Waals surface area contributed by atoms with Crippen LogP contribution in [0.3, 0.4) is 0 Å². The zero-order valence-corrected chi connectivity index (χ0v) is 10.3. The van der Waals surface area contributed by atoms with Crippen molar-refractivity contribution in [3.05, 3.63) is 30.0 Å². The summed E-state index contributed by atoms with van der Waals surface area (Å²) in [6.07, 6.45) is 1.34. The van der Waals surface area contributed by atoms with Crippen molar-refractivity contribution in [3.8, 4) is 0 Å². The Kier molecular flexibility index (Phi) is 3.06. The van der Waals surface area contributed by atoms with E-state index in [1.54, 1.807) is 12.1 Å². The van der Waals surface area contributed by atoms with E-state index >= 15 is 0 Å². The number of anilines is 2. The zero-order chi connectivity index (χ0) is 13.3. The predicted octanol–water partition coefficient (Wildman–Crippen LogP) is 2.34. The van der Waals surface area contributed by atoms with Gasteiger partial charge in [0.25, 0.3) is 0 Å². The van der Waals surface area contributed by atoms with Gasteiger partial charge in [-0.3, -0.25) is 4.98 Å². The number of nitrogen functional groups attached to an aromatic ring is 1. The summed E-state index contributed by atoms with van der Waals surface area (Å²) in [4.78, 5) is 15.3. The zero-order valence-electron chi connectivity index (χ0n) is 10.3. The summed E-state index contributed by atoms with van der Waals surface area (Å²) in [5.41, 5.74) is 7.72. The van der Waals surface area contributed by atoms with E-state index in [-0.39, 0.29) is 11.6 Å². The van der Waals surface area contributed by atoms with Crippen molar-refractivity contribution >= 4 is 28.2 Å². The number of aromatic nitrogens is 1. The number of hydrogen-bond acceptors (Lipinski definition) is 4. The molecule has 0 unspecified atom stereocenters. The average molecular weight is 245 g/mol. The second-order valence-electron chi connectivity index (χ2n) is 4.39. The van der Waals surface area contributed by atoms with Crippen molar-refractivity contribution < 1.29 is 9.90 Å². The molecule has 0 saturated carbocycles. The van der Waals surface area contributed by atoms with E-state index in [0.717, 1.165) is 5.39 Å². The van der Waals surface area contributed by atoms with Gasteiger partial charge in [0.1, 0.15) is 5.56 Å². The van der Waals surface area contributed by atoms with Gasteiger partial charge < -0.3 is 16.2 Å². The summed E-state index contributed by atoms with van der Waals surface area (Å²) in [5, 5.41) is 13.1. The van der Waals surface area contributed by atoms with Crippen molar-refractivity contribution in [2.75, 3.05) is 11.1 Å². The molecule has 5 nitrogen and oxygen atoms in total. The maximum absolute atomic E-state index is 11.2. The van der Waals surface area contributed by atoms with Crippen LogP contribution in [-0.2, 0) is 0 Å². The summed E-state index contributed by atoms with van der Waals surface area (Å²) in [6.45, 7) is 3.90. The first-order valence-corrected chi connectivity index (χ1v) is 5.67. The Bertz CT molecular complexity index is 608. The van der Waals surface area contributed by atoms with Gasteiger partial charge in [0.2, 0.25) is 0 Å². The van der Waals surface area contributed by atoms with Crippen LogP contribution in [-0.4, -0.2) is 22.1 Å². The number of carboxylic acid groups (broad SMARTS) is 1. The number of benzene rings is 1. The van der Waals surface area contributed by atoms with E-state index < -0.39 is 5.97 Å². The molecule has 0 saturated heterocycles.